The SMILES string of the molecule is Cc1ccccc1C(=O)N(Cc1ccccc1)C1CC(=O)N(c2ccc(I)cc2)C1=O. The third kappa shape index (κ3) is 4.39. The van der Waals surface area contributed by atoms with Gasteiger partial charge in [-0.05, 0) is 71.0 Å². The van der Waals surface area contributed by atoms with E-state index in [4.69, 9.17) is 0 Å². The van der Waals surface area contributed by atoms with Gasteiger partial charge in [-0.3, -0.25) is 14.4 Å². The molecule has 1 unspecified atom stereocenters. The van der Waals surface area contributed by atoms with E-state index in [1.807, 2.05) is 61.5 Å². The van der Waals surface area contributed by atoms with Crippen molar-refractivity contribution >= 4 is 46.0 Å². The average molecular weight is 524 g/mol. The number of hydrogen-bond donors (Lipinski definition) is 0. The molecule has 3 aromatic rings. The number of halogens is 1. The highest BCUT2D eigenvalue weighted by atomic mass is 127. The Kier molecular flexibility index (Phi) is 6.18. The summed E-state index contributed by atoms with van der Waals surface area (Å²) in [6.07, 6.45) is -0.0325. The second-order valence-corrected chi connectivity index (χ2v) is 8.74. The molecule has 3 aromatic carbocycles. The maximum atomic E-state index is 13.5. The van der Waals surface area contributed by atoms with E-state index in [-0.39, 0.29) is 30.7 Å². The van der Waals surface area contributed by atoms with E-state index in [2.05, 4.69) is 22.6 Å². The van der Waals surface area contributed by atoms with Gasteiger partial charge in [0, 0.05) is 15.7 Å². The van der Waals surface area contributed by atoms with Gasteiger partial charge in [-0.2, -0.15) is 0 Å². The maximum absolute atomic E-state index is 13.5. The summed E-state index contributed by atoms with van der Waals surface area (Å²) in [5, 5.41) is 0. The van der Waals surface area contributed by atoms with Crippen molar-refractivity contribution in [2.24, 2.45) is 0 Å². The van der Waals surface area contributed by atoms with E-state index in [0.717, 1.165) is 14.7 Å². The van der Waals surface area contributed by atoms with Crippen LogP contribution in [0.4, 0.5) is 5.69 Å². The Hall–Kier alpha value is -3.00. The number of hydrogen-bond acceptors (Lipinski definition) is 3. The van der Waals surface area contributed by atoms with Crippen LogP contribution in [0, 0.1) is 10.5 Å². The zero-order valence-electron chi connectivity index (χ0n) is 17.0. The van der Waals surface area contributed by atoms with E-state index in [9.17, 15) is 14.4 Å². The Balaban J connectivity index is 1.70. The fourth-order valence-electron chi connectivity index (χ4n) is 3.79. The van der Waals surface area contributed by atoms with Gasteiger partial charge < -0.3 is 4.90 Å². The highest BCUT2D eigenvalue weighted by molar-refractivity contribution is 14.1. The van der Waals surface area contributed by atoms with Crippen molar-refractivity contribution in [2.45, 2.75) is 25.9 Å². The molecule has 1 fully saturated rings. The molecule has 0 radical (unpaired) electrons. The summed E-state index contributed by atoms with van der Waals surface area (Å²) in [7, 11) is 0. The largest absolute Gasteiger partial charge is 0.322 e. The van der Waals surface area contributed by atoms with Crippen molar-refractivity contribution in [1.82, 2.24) is 4.90 Å². The molecule has 31 heavy (non-hydrogen) atoms. The van der Waals surface area contributed by atoms with Crippen LogP contribution in [0.2, 0.25) is 0 Å². The van der Waals surface area contributed by atoms with Gasteiger partial charge in [-0.25, -0.2) is 4.90 Å². The first-order chi connectivity index (χ1) is 15.0. The first kappa shape index (κ1) is 21.2. The first-order valence-electron chi connectivity index (χ1n) is 9.98. The minimum absolute atomic E-state index is 0.0325. The standard InChI is InChI=1S/C25H21IN2O3/c1-17-7-5-6-10-21(17)24(30)27(16-18-8-3-2-4-9-18)22-15-23(29)28(25(22)31)20-13-11-19(26)12-14-20/h2-14,22H,15-16H2,1H3. The van der Waals surface area contributed by atoms with E-state index in [1.54, 1.807) is 24.3 Å². The molecule has 0 saturated carbocycles. The summed E-state index contributed by atoms with van der Waals surface area (Å²) in [4.78, 5) is 42.5. The number of benzene rings is 3. The molecule has 0 N–H and O–H groups in total. The smallest absolute Gasteiger partial charge is 0.257 e. The van der Waals surface area contributed by atoms with Crippen LogP contribution >= 0.6 is 22.6 Å². The molecule has 0 aromatic heterocycles. The Morgan fingerprint density at radius 2 is 1.61 bits per heavy atom. The normalized spacial score (nSPS) is 15.9. The molecular weight excluding hydrogens is 503 g/mol. The predicted octanol–water partition coefficient (Wildman–Crippen LogP) is 4.57. The van der Waals surface area contributed by atoms with E-state index < -0.39 is 6.04 Å². The number of amides is 3. The predicted molar refractivity (Wildman–Crippen MR) is 128 cm³/mol. The van der Waals surface area contributed by atoms with Crippen molar-refractivity contribution < 1.29 is 14.4 Å². The highest BCUT2D eigenvalue weighted by Gasteiger charge is 2.44. The fourth-order valence-corrected chi connectivity index (χ4v) is 4.15. The molecule has 1 saturated heterocycles. The van der Waals surface area contributed by atoms with Crippen molar-refractivity contribution in [3.8, 4) is 0 Å². The molecular formula is C25H21IN2O3. The maximum Gasteiger partial charge on any atom is 0.257 e. The monoisotopic (exact) mass is 524 g/mol. The van der Waals surface area contributed by atoms with Crippen molar-refractivity contribution in [2.75, 3.05) is 4.90 Å². The first-order valence-corrected chi connectivity index (χ1v) is 11.1. The summed E-state index contributed by atoms with van der Waals surface area (Å²) in [5.74, 6) is -0.923. The molecule has 1 aliphatic heterocycles. The quantitative estimate of drug-likeness (QED) is 0.363. The Morgan fingerprint density at radius 1 is 0.968 bits per heavy atom. The summed E-state index contributed by atoms with van der Waals surface area (Å²) < 4.78 is 1.01. The summed E-state index contributed by atoms with van der Waals surface area (Å²) in [6, 6.07) is 23.2. The molecule has 1 aliphatic rings. The number of aryl methyl sites for hydroxylation is 1. The molecule has 6 heteroatoms. The van der Waals surface area contributed by atoms with Crippen LogP contribution in [0.5, 0.6) is 0 Å². The van der Waals surface area contributed by atoms with Crippen LogP contribution in [0.3, 0.4) is 0 Å². The summed E-state index contributed by atoms with van der Waals surface area (Å²) >= 11 is 2.17. The van der Waals surface area contributed by atoms with Gasteiger partial charge in [0.15, 0.2) is 0 Å². The van der Waals surface area contributed by atoms with Gasteiger partial charge in [-0.1, -0.05) is 48.5 Å². The van der Waals surface area contributed by atoms with Gasteiger partial charge in [0.2, 0.25) is 5.91 Å². The Labute approximate surface area is 194 Å². The van der Waals surface area contributed by atoms with Crippen LogP contribution in [0.25, 0.3) is 0 Å². The van der Waals surface area contributed by atoms with Crippen molar-refractivity contribution in [1.29, 1.82) is 0 Å². The number of carbonyl (C=O) groups is 3. The highest BCUT2D eigenvalue weighted by Crippen LogP contribution is 2.28. The second kappa shape index (κ2) is 9.01. The second-order valence-electron chi connectivity index (χ2n) is 7.50. The number of carbonyl (C=O) groups excluding carboxylic acids is 3. The molecule has 5 nitrogen and oxygen atoms in total. The van der Waals surface area contributed by atoms with Crippen LogP contribution in [0.1, 0.15) is 27.9 Å². The van der Waals surface area contributed by atoms with E-state index >= 15 is 0 Å². The lowest BCUT2D eigenvalue weighted by molar-refractivity contribution is -0.122. The Bertz CT molecular complexity index is 1130. The number of nitrogens with zero attached hydrogens (tertiary/aromatic N) is 2. The van der Waals surface area contributed by atoms with Crippen LogP contribution in [-0.2, 0) is 16.1 Å². The van der Waals surface area contributed by atoms with E-state index in [1.165, 1.54) is 9.80 Å². The molecule has 0 bridgehead atoms. The minimum atomic E-state index is -0.848. The van der Waals surface area contributed by atoms with E-state index in [0.29, 0.717) is 11.3 Å². The number of anilines is 1. The molecule has 3 amide bonds. The van der Waals surface area contributed by atoms with Crippen molar-refractivity contribution in [3.05, 3.63) is 99.1 Å². The summed E-state index contributed by atoms with van der Waals surface area (Å²) in [6.45, 7) is 2.12. The molecule has 1 heterocycles. The number of rotatable bonds is 5. The third-order valence-corrected chi connectivity index (χ3v) is 6.14. The van der Waals surface area contributed by atoms with Gasteiger partial charge in [0.25, 0.3) is 11.8 Å². The molecule has 0 spiro atoms. The molecule has 4 rings (SSSR count). The zero-order chi connectivity index (χ0) is 22.0. The van der Waals surface area contributed by atoms with Gasteiger partial charge in [-0.15, -0.1) is 0 Å². The van der Waals surface area contributed by atoms with Crippen LogP contribution in [-0.4, -0.2) is 28.7 Å². The molecule has 0 aliphatic carbocycles. The third-order valence-electron chi connectivity index (χ3n) is 5.42. The van der Waals surface area contributed by atoms with Gasteiger partial charge in [0.05, 0.1) is 12.1 Å². The minimum Gasteiger partial charge on any atom is -0.322 e. The van der Waals surface area contributed by atoms with Crippen LogP contribution in [0.15, 0.2) is 78.9 Å². The summed E-state index contributed by atoms with van der Waals surface area (Å²) in [5.41, 5.74) is 2.79. The van der Waals surface area contributed by atoms with Gasteiger partial charge in [0.1, 0.15) is 6.04 Å². The Morgan fingerprint density at radius 3 is 2.29 bits per heavy atom. The van der Waals surface area contributed by atoms with Crippen molar-refractivity contribution in [3.63, 3.8) is 0 Å². The fraction of sp³-hybridized carbons (Fsp3) is 0.160. The number of imide groups is 1. The topological polar surface area (TPSA) is 57.7 Å². The molecule has 1 atom stereocenters. The lowest BCUT2D eigenvalue weighted by Crippen LogP contribution is -2.45. The van der Waals surface area contributed by atoms with Crippen LogP contribution < -0.4 is 4.90 Å². The lowest BCUT2D eigenvalue weighted by Gasteiger charge is -2.28. The van der Waals surface area contributed by atoms with Gasteiger partial charge >= 0.3 is 0 Å². The average Bonchev–Trinajstić information content (AvgIpc) is 3.07. The zero-order valence-corrected chi connectivity index (χ0v) is 19.2. The molecule has 156 valence electrons. The lowest BCUT2D eigenvalue weighted by atomic mass is 10.0.